The number of carbonyl (C=O) groups excluding carboxylic acids is 1. The van der Waals surface area contributed by atoms with E-state index in [0.29, 0.717) is 17.5 Å². The molecule has 4 heteroatoms. The van der Waals surface area contributed by atoms with Gasteiger partial charge in [-0.2, -0.15) is 0 Å². The molecule has 0 radical (unpaired) electrons. The van der Waals surface area contributed by atoms with Crippen molar-refractivity contribution < 1.29 is 9.53 Å². The summed E-state index contributed by atoms with van der Waals surface area (Å²) in [4.78, 5) is 13.9. The van der Waals surface area contributed by atoms with Gasteiger partial charge in [0.1, 0.15) is 5.60 Å². The summed E-state index contributed by atoms with van der Waals surface area (Å²) in [5, 5.41) is 3.80. The van der Waals surface area contributed by atoms with E-state index in [1.807, 2.05) is 25.7 Å². The van der Waals surface area contributed by atoms with E-state index >= 15 is 0 Å². The third-order valence-electron chi connectivity index (χ3n) is 4.59. The summed E-state index contributed by atoms with van der Waals surface area (Å²) < 4.78 is 5.44. The Morgan fingerprint density at radius 3 is 2.24 bits per heavy atom. The van der Waals surface area contributed by atoms with Crippen LogP contribution < -0.4 is 5.32 Å². The second kappa shape index (κ2) is 6.15. The fourth-order valence-electron chi connectivity index (χ4n) is 3.47. The fourth-order valence-corrected chi connectivity index (χ4v) is 3.47. The zero-order valence-corrected chi connectivity index (χ0v) is 14.4. The molecule has 0 aromatic rings. The third kappa shape index (κ3) is 5.17. The van der Waals surface area contributed by atoms with E-state index in [1.54, 1.807) is 0 Å². The van der Waals surface area contributed by atoms with Gasteiger partial charge in [0.15, 0.2) is 0 Å². The summed E-state index contributed by atoms with van der Waals surface area (Å²) in [7, 11) is 0. The number of amides is 1. The van der Waals surface area contributed by atoms with Crippen LogP contribution in [0.1, 0.15) is 66.7 Å². The average Bonchev–Trinajstić information content (AvgIpc) is 2.67. The van der Waals surface area contributed by atoms with E-state index in [2.05, 4.69) is 19.2 Å². The lowest BCUT2D eigenvalue weighted by Gasteiger charge is -2.35. The van der Waals surface area contributed by atoms with Crippen molar-refractivity contribution in [3.8, 4) is 0 Å². The van der Waals surface area contributed by atoms with Gasteiger partial charge in [0.05, 0.1) is 0 Å². The van der Waals surface area contributed by atoms with E-state index in [0.717, 1.165) is 25.9 Å². The van der Waals surface area contributed by atoms with Gasteiger partial charge in [-0.25, -0.2) is 4.79 Å². The molecule has 1 N–H and O–H groups in total. The Balaban J connectivity index is 1.72. The number of hydrogen-bond donors (Lipinski definition) is 1. The van der Waals surface area contributed by atoms with E-state index in [-0.39, 0.29) is 6.09 Å². The fraction of sp³-hybridized carbons (Fsp3) is 0.941. The predicted molar refractivity (Wildman–Crippen MR) is 85.4 cm³/mol. The Morgan fingerprint density at radius 1 is 1.14 bits per heavy atom. The SMILES string of the molecule is CC1(C)CCC(NC2CCN(C(=O)OC(C)(C)C)CC2)C1. The van der Waals surface area contributed by atoms with Crippen molar-refractivity contribution >= 4 is 6.09 Å². The highest BCUT2D eigenvalue weighted by molar-refractivity contribution is 5.68. The van der Waals surface area contributed by atoms with Gasteiger partial charge in [-0.3, -0.25) is 0 Å². The minimum atomic E-state index is -0.401. The van der Waals surface area contributed by atoms with E-state index < -0.39 is 5.60 Å². The quantitative estimate of drug-likeness (QED) is 0.847. The van der Waals surface area contributed by atoms with E-state index in [1.165, 1.54) is 19.3 Å². The summed E-state index contributed by atoms with van der Waals surface area (Å²) in [6, 6.07) is 1.22. The molecule has 4 nitrogen and oxygen atoms in total. The van der Waals surface area contributed by atoms with Crippen LogP contribution in [0.5, 0.6) is 0 Å². The topological polar surface area (TPSA) is 41.6 Å². The summed E-state index contributed by atoms with van der Waals surface area (Å²) in [6.07, 6.45) is 5.80. The first-order valence-electron chi connectivity index (χ1n) is 8.39. The molecular formula is C17H32N2O2. The van der Waals surface area contributed by atoms with Crippen LogP contribution in [0.15, 0.2) is 0 Å². The van der Waals surface area contributed by atoms with Gasteiger partial charge in [-0.1, -0.05) is 13.8 Å². The summed E-state index contributed by atoms with van der Waals surface area (Å²) in [5.41, 5.74) is 0.0937. The summed E-state index contributed by atoms with van der Waals surface area (Å²) in [5.74, 6) is 0. The van der Waals surface area contributed by atoms with Crippen molar-refractivity contribution in [1.29, 1.82) is 0 Å². The maximum Gasteiger partial charge on any atom is 0.410 e. The van der Waals surface area contributed by atoms with Crippen molar-refractivity contribution in [2.24, 2.45) is 5.41 Å². The van der Waals surface area contributed by atoms with Crippen molar-refractivity contribution in [1.82, 2.24) is 10.2 Å². The molecule has 0 spiro atoms. The number of piperidine rings is 1. The minimum absolute atomic E-state index is 0.164. The molecule has 21 heavy (non-hydrogen) atoms. The van der Waals surface area contributed by atoms with Crippen LogP contribution in [0, 0.1) is 5.41 Å². The first-order chi connectivity index (χ1) is 9.65. The maximum atomic E-state index is 12.0. The van der Waals surface area contributed by atoms with Gasteiger partial charge < -0.3 is 15.0 Å². The number of carbonyl (C=O) groups is 1. The van der Waals surface area contributed by atoms with Gasteiger partial charge in [-0.05, 0) is 58.3 Å². The molecule has 1 unspecified atom stereocenters. The Bertz CT molecular complexity index is 365. The van der Waals surface area contributed by atoms with E-state index in [9.17, 15) is 4.79 Å². The number of nitrogens with one attached hydrogen (secondary N) is 1. The zero-order chi connectivity index (χ0) is 15.7. The van der Waals surface area contributed by atoms with Crippen LogP contribution in [0.4, 0.5) is 4.79 Å². The molecule has 2 fully saturated rings. The van der Waals surface area contributed by atoms with Crippen LogP contribution >= 0.6 is 0 Å². The molecular weight excluding hydrogens is 264 g/mol. The Morgan fingerprint density at radius 2 is 1.76 bits per heavy atom. The number of likely N-dealkylation sites (tertiary alicyclic amines) is 1. The Kier molecular flexibility index (Phi) is 4.86. The molecule has 1 saturated carbocycles. The summed E-state index contributed by atoms with van der Waals surface area (Å²) in [6.45, 7) is 12.1. The number of nitrogens with zero attached hydrogens (tertiary/aromatic N) is 1. The van der Waals surface area contributed by atoms with Crippen LogP contribution in [-0.4, -0.2) is 41.8 Å². The molecule has 1 saturated heterocycles. The van der Waals surface area contributed by atoms with Crippen LogP contribution in [-0.2, 0) is 4.74 Å². The number of ether oxygens (including phenoxy) is 1. The van der Waals surface area contributed by atoms with Gasteiger partial charge >= 0.3 is 6.09 Å². The molecule has 0 bridgehead atoms. The highest BCUT2D eigenvalue weighted by Gasteiger charge is 2.33. The Hall–Kier alpha value is -0.770. The zero-order valence-electron chi connectivity index (χ0n) is 14.4. The largest absolute Gasteiger partial charge is 0.444 e. The highest BCUT2D eigenvalue weighted by Crippen LogP contribution is 2.37. The van der Waals surface area contributed by atoms with E-state index in [4.69, 9.17) is 4.74 Å². The minimum Gasteiger partial charge on any atom is -0.444 e. The lowest BCUT2D eigenvalue weighted by atomic mass is 9.91. The van der Waals surface area contributed by atoms with Crippen molar-refractivity contribution in [2.45, 2.75) is 84.4 Å². The summed E-state index contributed by atoms with van der Waals surface area (Å²) >= 11 is 0. The smallest absolute Gasteiger partial charge is 0.410 e. The first kappa shape index (κ1) is 16.6. The molecule has 122 valence electrons. The molecule has 2 rings (SSSR count). The lowest BCUT2D eigenvalue weighted by molar-refractivity contribution is 0.0196. The molecule has 1 aliphatic heterocycles. The molecule has 1 aliphatic carbocycles. The highest BCUT2D eigenvalue weighted by atomic mass is 16.6. The lowest BCUT2D eigenvalue weighted by Crippen LogP contribution is -2.48. The average molecular weight is 296 g/mol. The standard InChI is InChI=1S/C17H32N2O2/c1-16(2,3)21-15(20)19-10-7-13(8-11-19)18-14-6-9-17(4,5)12-14/h13-14,18H,6-12H2,1-5H3. The van der Waals surface area contributed by atoms with Gasteiger partial charge in [0.25, 0.3) is 0 Å². The molecule has 1 atom stereocenters. The number of hydrogen-bond acceptors (Lipinski definition) is 3. The molecule has 0 aromatic carbocycles. The van der Waals surface area contributed by atoms with Crippen molar-refractivity contribution in [3.63, 3.8) is 0 Å². The second-order valence-electron chi connectivity index (χ2n) is 8.51. The molecule has 0 aromatic heterocycles. The molecule has 1 amide bonds. The monoisotopic (exact) mass is 296 g/mol. The number of rotatable bonds is 2. The van der Waals surface area contributed by atoms with Gasteiger partial charge in [0.2, 0.25) is 0 Å². The molecule has 2 aliphatic rings. The van der Waals surface area contributed by atoms with Gasteiger partial charge in [-0.15, -0.1) is 0 Å². The first-order valence-corrected chi connectivity index (χ1v) is 8.39. The van der Waals surface area contributed by atoms with Crippen LogP contribution in [0.25, 0.3) is 0 Å². The third-order valence-corrected chi connectivity index (χ3v) is 4.59. The van der Waals surface area contributed by atoms with Crippen molar-refractivity contribution in [2.75, 3.05) is 13.1 Å². The predicted octanol–water partition coefficient (Wildman–Crippen LogP) is 3.55. The molecule has 1 heterocycles. The normalized spacial score (nSPS) is 26.9. The van der Waals surface area contributed by atoms with Crippen LogP contribution in [0.2, 0.25) is 0 Å². The second-order valence-corrected chi connectivity index (χ2v) is 8.51. The Labute approximate surface area is 129 Å². The maximum absolute atomic E-state index is 12.0. The van der Waals surface area contributed by atoms with Crippen LogP contribution in [0.3, 0.4) is 0 Å². The van der Waals surface area contributed by atoms with Crippen molar-refractivity contribution in [3.05, 3.63) is 0 Å². The van der Waals surface area contributed by atoms with Gasteiger partial charge in [0, 0.05) is 25.2 Å².